The van der Waals surface area contributed by atoms with Crippen molar-refractivity contribution in [2.75, 3.05) is 0 Å². The van der Waals surface area contributed by atoms with Gasteiger partial charge >= 0.3 is 0 Å². The van der Waals surface area contributed by atoms with Crippen molar-refractivity contribution in [3.8, 4) is 0 Å². The van der Waals surface area contributed by atoms with Gasteiger partial charge in [0, 0.05) is 12.0 Å². The van der Waals surface area contributed by atoms with Gasteiger partial charge in [0.25, 0.3) is 0 Å². The average molecular weight is 304 g/mol. The minimum atomic E-state index is -0.772. The number of carbonyl (C=O) groups excluding carboxylic acids is 3. The molecule has 2 heterocycles. The summed E-state index contributed by atoms with van der Waals surface area (Å²) in [5.41, 5.74) is 1.19. The van der Waals surface area contributed by atoms with Crippen LogP contribution in [0.25, 0.3) is 11.0 Å². The summed E-state index contributed by atoms with van der Waals surface area (Å²) in [6.45, 7) is 0. The largest absolute Gasteiger partial charge is 0.345 e. The molecule has 8 heteroatoms. The SMILES string of the molecule is O=C1CCC(NC(=O)Cc2c(F)ccc3[nH]cnc23)C(=O)N1. The maximum absolute atomic E-state index is 13.9. The molecule has 0 bridgehead atoms. The number of carbonyl (C=O) groups is 3. The molecule has 1 fully saturated rings. The third kappa shape index (κ3) is 2.67. The van der Waals surface area contributed by atoms with Crippen molar-refractivity contribution >= 4 is 28.8 Å². The fourth-order valence-electron chi connectivity index (χ4n) is 2.45. The van der Waals surface area contributed by atoms with Gasteiger partial charge in [-0.05, 0) is 18.6 Å². The zero-order chi connectivity index (χ0) is 15.7. The van der Waals surface area contributed by atoms with E-state index in [1.165, 1.54) is 12.4 Å². The van der Waals surface area contributed by atoms with Crippen LogP contribution in [0.1, 0.15) is 18.4 Å². The summed E-state index contributed by atoms with van der Waals surface area (Å²) >= 11 is 0. The van der Waals surface area contributed by atoms with Crippen LogP contribution in [0.3, 0.4) is 0 Å². The first-order chi connectivity index (χ1) is 10.5. The van der Waals surface area contributed by atoms with Crippen LogP contribution in [0.15, 0.2) is 18.5 Å². The lowest BCUT2D eigenvalue weighted by Gasteiger charge is -2.21. The van der Waals surface area contributed by atoms with Crippen LogP contribution in [0, 0.1) is 5.82 Å². The minimum absolute atomic E-state index is 0.167. The zero-order valence-corrected chi connectivity index (χ0v) is 11.5. The van der Waals surface area contributed by atoms with Gasteiger partial charge in [-0.15, -0.1) is 0 Å². The summed E-state index contributed by atoms with van der Waals surface area (Å²) in [7, 11) is 0. The number of aromatic nitrogens is 2. The summed E-state index contributed by atoms with van der Waals surface area (Å²) in [4.78, 5) is 41.5. The second kappa shape index (κ2) is 5.55. The van der Waals surface area contributed by atoms with Crippen LogP contribution in [-0.2, 0) is 20.8 Å². The highest BCUT2D eigenvalue weighted by molar-refractivity contribution is 6.01. The second-order valence-corrected chi connectivity index (χ2v) is 5.07. The van der Waals surface area contributed by atoms with Gasteiger partial charge in [-0.3, -0.25) is 19.7 Å². The quantitative estimate of drug-likeness (QED) is 0.703. The molecule has 0 saturated carbocycles. The Bertz CT molecular complexity index is 771. The molecule has 1 saturated heterocycles. The van der Waals surface area contributed by atoms with Crippen LogP contribution in [0.4, 0.5) is 4.39 Å². The third-order valence-corrected chi connectivity index (χ3v) is 3.55. The third-order valence-electron chi connectivity index (χ3n) is 3.55. The smallest absolute Gasteiger partial charge is 0.249 e. The summed E-state index contributed by atoms with van der Waals surface area (Å²) < 4.78 is 13.9. The highest BCUT2D eigenvalue weighted by atomic mass is 19.1. The Kier molecular flexibility index (Phi) is 3.58. The molecule has 1 atom stereocenters. The topological polar surface area (TPSA) is 104 Å². The van der Waals surface area contributed by atoms with E-state index in [0.717, 1.165) is 0 Å². The molecular weight excluding hydrogens is 291 g/mol. The van der Waals surface area contributed by atoms with Crippen molar-refractivity contribution in [2.24, 2.45) is 0 Å². The van der Waals surface area contributed by atoms with Gasteiger partial charge in [-0.2, -0.15) is 0 Å². The van der Waals surface area contributed by atoms with Crippen molar-refractivity contribution in [1.29, 1.82) is 0 Å². The molecule has 1 aromatic carbocycles. The van der Waals surface area contributed by atoms with E-state index in [1.807, 2.05) is 0 Å². The van der Waals surface area contributed by atoms with E-state index in [1.54, 1.807) is 6.07 Å². The number of halogens is 1. The van der Waals surface area contributed by atoms with Crippen molar-refractivity contribution in [2.45, 2.75) is 25.3 Å². The van der Waals surface area contributed by atoms with Gasteiger partial charge in [0.05, 0.1) is 23.8 Å². The maximum Gasteiger partial charge on any atom is 0.249 e. The Morgan fingerprint density at radius 1 is 1.41 bits per heavy atom. The normalized spacial score (nSPS) is 18.3. The Morgan fingerprint density at radius 2 is 2.23 bits per heavy atom. The number of hydrogen-bond acceptors (Lipinski definition) is 4. The molecule has 22 heavy (non-hydrogen) atoms. The molecule has 1 aliphatic heterocycles. The molecule has 0 spiro atoms. The van der Waals surface area contributed by atoms with E-state index in [0.29, 0.717) is 11.0 Å². The van der Waals surface area contributed by atoms with E-state index in [4.69, 9.17) is 0 Å². The number of nitrogens with one attached hydrogen (secondary N) is 3. The predicted molar refractivity (Wildman–Crippen MR) is 74.1 cm³/mol. The lowest BCUT2D eigenvalue weighted by atomic mass is 10.0. The van der Waals surface area contributed by atoms with Gasteiger partial charge in [0.1, 0.15) is 11.9 Å². The molecule has 1 aliphatic rings. The molecule has 2 aromatic rings. The average Bonchev–Trinajstić information content (AvgIpc) is 2.94. The number of nitrogens with zero attached hydrogens (tertiary/aromatic N) is 1. The number of hydrogen-bond donors (Lipinski definition) is 3. The number of imide groups is 1. The number of benzene rings is 1. The molecule has 0 radical (unpaired) electrons. The van der Waals surface area contributed by atoms with Crippen LogP contribution in [0.2, 0.25) is 0 Å². The Hall–Kier alpha value is -2.77. The Labute approximate surface area is 124 Å². The second-order valence-electron chi connectivity index (χ2n) is 5.07. The molecule has 7 nitrogen and oxygen atoms in total. The number of imidazole rings is 1. The first-order valence-electron chi connectivity index (χ1n) is 6.78. The van der Waals surface area contributed by atoms with Gasteiger partial charge in [-0.25, -0.2) is 9.37 Å². The van der Waals surface area contributed by atoms with Crippen molar-refractivity contribution in [3.05, 3.63) is 29.8 Å². The summed E-state index contributed by atoms with van der Waals surface area (Å²) in [5, 5.41) is 4.67. The first kappa shape index (κ1) is 14.2. The van der Waals surface area contributed by atoms with E-state index in [9.17, 15) is 18.8 Å². The molecule has 3 amide bonds. The van der Waals surface area contributed by atoms with Crippen molar-refractivity contribution < 1.29 is 18.8 Å². The predicted octanol–water partition coefficient (Wildman–Crippen LogP) is 0.166. The molecular formula is C14H13FN4O3. The standard InChI is InChI=1S/C14H13FN4O3/c15-8-1-2-9-13(17-6-16-9)7(8)5-12(21)18-10-3-4-11(20)19-14(10)22/h1-2,6,10H,3-5H2,(H,16,17)(H,18,21)(H,19,20,22). The molecule has 3 N–H and O–H groups in total. The van der Waals surface area contributed by atoms with Crippen LogP contribution in [0.5, 0.6) is 0 Å². The zero-order valence-electron chi connectivity index (χ0n) is 11.5. The van der Waals surface area contributed by atoms with E-state index < -0.39 is 23.7 Å². The number of fused-ring (bicyclic) bond motifs is 1. The molecule has 1 aromatic heterocycles. The monoisotopic (exact) mass is 304 g/mol. The van der Waals surface area contributed by atoms with Crippen molar-refractivity contribution in [1.82, 2.24) is 20.6 Å². The number of amides is 3. The maximum atomic E-state index is 13.9. The van der Waals surface area contributed by atoms with Crippen LogP contribution in [-0.4, -0.2) is 33.7 Å². The molecule has 3 rings (SSSR count). The molecule has 114 valence electrons. The van der Waals surface area contributed by atoms with Crippen molar-refractivity contribution in [3.63, 3.8) is 0 Å². The Balaban J connectivity index is 1.73. The van der Waals surface area contributed by atoms with E-state index in [-0.39, 0.29) is 30.7 Å². The number of aromatic amines is 1. The van der Waals surface area contributed by atoms with E-state index >= 15 is 0 Å². The van der Waals surface area contributed by atoms with Gasteiger partial charge < -0.3 is 10.3 Å². The van der Waals surface area contributed by atoms with Gasteiger partial charge in [-0.1, -0.05) is 0 Å². The van der Waals surface area contributed by atoms with Crippen LogP contribution >= 0.6 is 0 Å². The lowest BCUT2D eigenvalue weighted by Crippen LogP contribution is -2.52. The fourth-order valence-corrected chi connectivity index (χ4v) is 2.45. The molecule has 1 unspecified atom stereocenters. The van der Waals surface area contributed by atoms with Gasteiger partial charge in [0.2, 0.25) is 17.7 Å². The molecule has 0 aliphatic carbocycles. The van der Waals surface area contributed by atoms with Crippen LogP contribution < -0.4 is 10.6 Å². The van der Waals surface area contributed by atoms with Gasteiger partial charge in [0.15, 0.2) is 0 Å². The number of piperidine rings is 1. The summed E-state index contributed by atoms with van der Waals surface area (Å²) in [5.74, 6) is -1.92. The van der Waals surface area contributed by atoms with E-state index in [2.05, 4.69) is 20.6 Å². The highest BCUT2D eigenvalue weighted by Gasteiger charge is 2.28. The summed E-state index contributed by atoms with van der Waals surface area (Å²) in [6.07, 6.45) is 1.60. The first-order valence-corrected chi connectivity index (χ1v) is 6.78. The number of H-pyrrole nitrogens is 1. The highest BCUT2D eigenvalue weighted by Crippen LogP contribution is 2.19. The lowest BCUT2D eigenvalue weighted by molar-refractivity contribution is -0.137. The summed E-state index contributed by atoms with van der Waals surface area (Å²) in [6, 6.07) is 2.03. The fraction of sp³-hybridized carbons (Fsp3) is 0.286. The Morgan fingerprint density at radius 3 is 3.00 bits per heavy atom. The number of rotatable bonds is 3. The minimum Gasteiger partial charge on any atom is -0.345 e.